The Labute approximate surface area is 117 Å². The number of hydrogen-bond donors (Lipinski definition) is 1. The van der Waals surface area contributed by atoms with E-state index in [2.05, 4.69) is 24.2 Å². The first kappa shape index (κ1) is 16.4. The zero-order chi connectivity index (χ0) is 14.5. The number of carbonyl (C=O) groups excluding carboxylic acids is 1. The van der Waals surface area contributed by atoms with Gasteiger partial charge >= 0.3 is 5.97 Å². The Bertz CT molecular complexity index is 288. The van der Waals surface area contributed by atoms with Crippen molar-refractivity contribution in [1.82, 2.24) is 10.2 Å². The second-order valence-corrected chi connectivity index (χ2v) is 6.18. The Kier molecular flexibility index (Phi) is 6.27. The van der Waals surface area contributed by atoms with Crippen LogP contribution in [0.1, 0.15) is 46.5 Å². The lowest BCUT2D eigenvalue weighted by Gasteiger charge is -2.38. The lowest BCUT2D eigenvalue weighted by Crippen LogP contribution is -2.58. The minimum Gasteiger partial charge on any atom is -0.468 e. The normalized spacial score (nSPS) is 27.1. The fraction of sp³-hybridized carbons (Fsp3) is 0.933. The van der Waals surface area contributed by atoms with Gasteiger partial charge in [-0.15, -0.1) is 0 Å². The molecule has 1 atom stereocenters. The van der Waals surface area contributed by atoms with Crippen molar-refractivity contribution in [1.29, 1.82) is 0 Å². The molecule has 1 rings (SSSR count). The van der Waals surface area contributed by atoms with Crippen molar-refractivity contribution < 1.29 is 9.53 Å². The van der Waals surface area contributed by atoms with Gasteiger partial charge in [0, 0.05) is 12.6 Å². The molecular formula is C15H30N2O2. The predicted molar refractivity (Wildman–Crippen MR) is 78.1 cm³/mol. The fourth-order valence-corrected chi connectivity index (χ4v) is 3.12. The molecule has 1 unspecified atom stereocenters. The molecule has 0 heterocycles. The molecule has 4 heteroatoms. The van der Waals surface area contributed by atoms with E-state index in [9.17, 15) is 4.79 Å². The molecule has 0 aromatic carbocycles. The van der Waals surface area contributed by atoms with Crippen LogP contribution >= 0.6 is 0 Å². The van der Waals surface area contributed by atoms with Crippen LogP contribution < -0.4 is 5.32 Å². The Hall–Kier alpha value is -0.610. The van der Waals surface area contributed by atoms with Crippen LogP contribution in [0.25, 0.3) is 0 Å². The summed E-state index contributed by atoms with van der Waals surface area (Å²) in [6.45, 7) is 7.74. The molecule has 112 valence electrons. The van der Waals surface area contributed by atoms with Crippen LogP contribution in [0.2, 0.25) is 0 Å². The highest BCUT2D eigenvalue weighted by Gasteiger charge is 2.36. The summed E-state index contributed by atoms with van der Waals surface area (Å²) in [5, 5.41) is 3.27. The maximum atomic E-state index is 12.0. The highest BCUT2D eigenvalue weighted by Crippen LogP contribution is 2.27. The van der Waals surface area contributed by atoms with Crippen LogP contribution in [0, 0.1) is 5.92 Å². The van der Waals surface area contributed by atoms with Gasteiger partial charge in [-0.1, -0.05) is 13.8 Å². The number of rotatable bonds is 6. The zero-order valence-corrected chi connectivity index (χ0v) is 13.2. The molecule has 0 aromatic rings. The summed E-state index contributed by atoms with van der Waals surface area (Å²) in [7, 11) is 3.58. The molecule has 0 radical (unpaired) electrons. The van der Waals surface area contributed by atoms with Crippen molar-refractivity contribution in [3.63, 3.8) is 0 Å². The number of esters is 1. The summed E-state index contributed by atoms with van der Waals surface area (Å²) >= 11 is 0. The van der Waals surface area contributed by atoms with E-state index in [-0.39, 0.29) is 5.97 Å². The number of nitrogens with zero attached hydrogens (tertiary/aromatic N) is 1. The van der Waals surface area contributed by atoms with Gasteiger partial charge in [0.15, 0.2) is 0 Å². The second kappa shape index (κ2) is 7.25. The van der Waals surface area contributed by atoms with Gasteiger partial charge in [-0.2, -0.15) is 0 Å². The summed E-state index contributed by atoms with van der Waals surface area (Å²) in [6.07, 6.45) is 5.07. The third-order valence-corrected chi connectivity index (χ3v) is 4.38. The van der Waals surface area contributed by atoms with Crippen molar-refractivity contribution in [3.05, 3.63) is 0 Å². The van der Waals surface area contributed by atoms with Crippen LogP contribution in [0.3, 0.4) is 0 Å². The molecule has 19 heavy (non-hydrogen) atoms. The smallest absolute Gasteiger partial charge is 0.327 e. The predicted octanol–water partition coefficient (Wildman–Crippen LogP) is 2.04. The van der Waals surface area contributed by atoms with Crippen LogP contribution in [-0.2, 0) is 9.53 Å². The molecule has 1 aliphatic carbocycles. The van der Waals surface area contributed by atoms with Gasteiger partial charge in [0.2, 0.25) is 0 Å². The number of carbonyl (C=O) groups is 1. The lowest BCUT2D eigenvalue weighted by atomic mass is 9.86. The summed E-state index contributed by atoms with van der Waals surface area (Å²) in [4.78, 5) is 14.3. The number of methoxy groups -OCH3 is 1. The van der Waals surface area contributed by atoms with Gasteiger partial charge in [-0.05, 0) is 52.1 Å². The maximum Gasteiger partial charge on any atom is 0.327 e. The maximum absolute atomic E-state index is 12.0. The molecule has 0 aliphatic heterocycles. The van der Waals surface area contributed by atoms with Crippen molar-refractivity contribution >= 4 is 5.97 Å². The molecule has 4 nitrogen and oxygen atoms in total. The Morgan fingerprint density at radius 3 is 2.42 bits per heavy atom. The lowest BCUT2D eigenvalue weighted by molar-refractivity contribution is -0.149. The van der Waals surface area contributed by atoms with Crippen LogP contribution in [0.5, 0.6) is 0 Å². The Morgan fingerprint density at radius 2 is 1.95 bits per heavy atom. The van der Waals surface area contributed by atoms with Crippen LogP contribution in [-0.4, -0.2) is 49.7 Å². The van der Waals surface area contributed by atoms with E-state index >= 15 is 0 Å². The number of hydrogen-bond acceptors (Lipinski definition) is 4. The van der Waals surface area contributed by atoms with Gasteiger partial charge in [0.05, 0.1) is 7.11 Å². The first-order chi connectivity index (χ1) is 8.92. The number of nitrogens with one attached hydrogen (secondary N) is 1. The third-order valence-electron chi connectivity index (χ3n) is 4.38. The number of likely N-dealkylation sites (N-methyl/N-ethyl adjacent to an activating group) is 2. The molecule has 0 saturated heterocycles. The minimum absolute atomic E-state index is 0.176. The van der Waals surface area contributed by atoms with Crippen molar-refractivity contribution in [2.45, 2.75) is 58.0 Å². The van der Waals surface area contributed by atoms with E-state index in [0.717, 1.165) is 12.5 Å². The van der Waals surface area contributed by atoms with Gasteiger partial charge in [-0.25, -0.2) is 0 Å². The summed E-state index contributed by atoms with van der Waals surface area (Å²) in [5.74, 6) is 0.677. The quantitative estimate of drug-likeness (QED) is 0.750. The van der Waals surface area contributed by atoms with Gasteiger partial charge in [0.1, 0.15) is 5.54 Å². The Balaban J connectivity index is 2.60. The van der Waals surface area contributed by atoms with E-state index in [1.165, 1.54) is 32.8 Å². The van der Waals surface area contributed by atoms with Gasteiger partial charge in [0.25, 0.3) is 0 Å². The van der Waals surface area contributed by atoms with E-state index < -0.39 is 5.54 Å². The summed E-state index contributed by atoms with van der Waals surface area (Å²) in [5.41, 5.74) is -0.610. The van der Waals surface area contributed by atoms with Gasteiger partial charge in [-0.3, -0.25) is 4.79 Å². The zero-order valence-electron chi connectivity index (χ0n) is 13.2. The van der Waals surface area contributed by atoms with Crippen molar-refractivity contribution in [2.24, 2.45) is 5.92 Å². The van der Waals surface area contributed by atoms with Crippen LogP contribution in [0.15, 0.2) is 0 Å². The van der Waals surface area contributed by atoms with E-state index in [0.29, 0.717) is 12.6 Å². The van der Waals surface area contributed by atoms with E-state index in [4.69, 9.17) is 4.74 Å². The molecule has 0 spiro atoms. The fourth-order valence-electron chi connectivity index (χ4n) is 3.12. The molecule has 1 fully saturated rings. The average molecular weight is 270 g/mol. The SMILES string of the molecule is CCNC(C)(CN(C)C1CCC(C)CC1)C(=O)OC. The molecule has 1 N–H and O–H groups in total. The summed E-state index contributed by atoms with van der Waals surface area (Å²) in [6, 6.07) is 0.596. The standard InChI is InChI=1S/C15H30N2O2/c1-6-16-15(3,14(18)19-5)11-17(4)13-9-7-12(2)8-10-13/h12-13,16H,6-11H2,1-5H3. The second-order valence-electron chi connectivity index (χ2n) is 6.18. The first-order valence-electron chi connectivity index (χ1n) is 7.46. The largest absolute Gasteiger partial charge is 0.468 e. The first-order valence-corrected chi connectivity index (χ1v) is 7.46. The highest BCUT2D eigenvalue weighted by molar-refractivity contribution is 5.80. The average Bonchev–Trinajstić information content (AvgIpc) is 2.38. The Morgan fingerprint density at radius 1 is 1.37 bits per heavy atom. The molecule has 1 aliphatic rings. The molecule has 1 saturated carbocycles. The highest BCUT2D eigenvalue weighted by atomic mass is 16.5. The molecule has 0 bridgehead atoms. The molecular weight excluding hydrogens is 240 g/mol. The molecule has 0 aromatic heterocycles. The van der Waals surface area contributed by atoms with Crippen molar-refractivity contribution in [3.8, 4) is 0 Å². The third kappa shape index (κ3) is 4.46. The topological polar surface area (TPSA) is 41.6 Å². The molecule has 0 amide bonds. The monoisotopic (exact) mass is 270 g/mol. The summed E-state index contributed by atoms with van der Waals surface area (Å²) < 4.78 is 4.95. The van der Waals surface area contributed by atoms with E-state index in [1.54, 1.807) is 0 Å². The van der Waals surface area contributed by atoms with Crippen LogP contribution in [0.4, 0.5) is 0 Å². The van der Waals surface area contributed by atoms with Crippen molar-refractivity contribution in [2.75, 3.05) is 27.2 Å². The van der Waals surface area contributed by atoms with E-state index in [1.807, 2.05) is 13.8 Å². The minimum atomic E-state index is -0.610. The number of ether oxygens (including phenoxy) is 1. The van der Waals surface area contributed by atoms with Gasteiger partial charge < -0.3 is 15.0 Å².